The summed E-state index contributed by atoms with van der Waals surface area (Å²) in [5, 5.41) is 10.3. The van der Waals surface area contributed by atoms with E-state index in [0.29, 0.717) is 12.4 Å². The Kier molecular flexibility index (Phi) is 4.15. The predicted octanol–water partition coefficient (Wildman–Crippen LogP) is 0.564. The number of hydrogen-bond acceptors (Lipinski definition) is 4. The van der Waals surface area contributed by atoms with Gasteiger partial charge in [-0.25, -0.2) is 4.98 Å². The first-order chi connectivity index (χ1) is 8.22. The van der Waals surface area contributed by atoms with E-state index in [9.17, 15) is 5.11 Å². The average Bonchev–Trinajstić information content (AvgIpc) is 2.75. The molecule has 2 atom stereocenters. The predicted molar refractivity (Wildman–Crippen MR) is 64.6 cm³/mol. The summed E-state index contributed by atoms with van der Waals surface area (Å²) in [6, 6.07) is 0. The van der Waals surface area contributed by atoms with Gasteiger partial charge < -0.3 is 14.4 Å². The standard InChI is InChI=1S/C12H21N3O2/c1-3-5-15-7-8-17-10(9-15)11(16)12-13-4-6-14(12)2/h4,6,10-11,16H,3,5,7-9H2,1-2H3. The largest absolute Gasteiger partial charge is 0.382 e. The van der Waals surface area contributed by atoms with E-state index in [2.05, 4.69) is 16.8 Å². The van der Waals surface area contributed by atoms with E-state index in [0.717, 1.165) is 26.1 Å². The first-order valence-electron chi connectivity index (χ1n) is 6.21. The number of ether oxygens (including phenoxy) is 1. The minimum atomic E-state index is -0.644. The van der Waals surface area contributed by atoms with Crippen LogP contribution >= 0.6 is 0 Å². The molecule has 17 heavy (non-hydrogen) atoms. The maximum absolute atomic E-state index is 10.3. The van der Waals surface area contributed by atoms with Crippen molar-refractivity contribution in [2.24, 2.45) is 7.05 Å². The fourth-order valence-corrected chi connectivity index (χ4v) is 2.27. The summed E-state index contributed by atoms with van der Waals surface area (Å²) in [5.41, 5.74) is 0. The molecule has 2 unspecified atom stereocenters. The second kappa shape index (κ2) is 5.62. The summed E-state index contributed by atoms with van der Waals surface area (Å²) in [4.78, 5) is 6.51. The van der Waals surface area contributed by atoms with Crippen LogP contribution in [0.5, 0.6) is 0 Å². The molecule has 0 saturated carbocycles. The molecule has 0 amide bonds. The Morgan fingerprint density at radius 1 is 1.65 bits per heavy atom. The molecule has 0 aromatic carbocycles. The van der Waals surface area contributed by atoms with Crippen LogP contribution in [-0.2, 0) is 11.8 Å². The van der Waals surface area contributed by atoms with Gasteiger partial charge in [-0.3, -0.25) is 4.90 Å². The summed E-state index contributed by atoms with van der Waals surface area (Å²) in [7, 11) is 1.89. The molecule has 1 aliphatic rings. The van der Waals surface area contributed by atoms with Crippen molar-refractivity contribution < 1.29 is 9.84 Å². The molecule has 5 heteroatoms. The van der Waals surface area contributed by atoms with Gasteiger partial charge in [0, 0.05) is 32.5 Å². The molecule has 1 N–H and O–H groups in total. The molecule has 0 radical (unpaired) electrons. The number of aromatic nitrogens is 2. The first-order valence-corrected chi connectivity index (χ1v) is 6.21. The van der Waals surface area contributed by atoms with Crippen molar-refractivity contribution in [3.8, 4) is 0 Å². The van der Waals surface area contributed by atoms with Crippen LogP contribution in [0.4, 0.5) is 0 Å². The van der Waals surface area contributed by atoms with Gasteiger partial charge in [-0.05, 0) is 13.0 Å². The fraction of sp³-hybridized carbons (Fsp3) is 0.750. The Morgan fingerprint density at radius 2 is 2.47 bits per heavy atom. The van der Waals surface area contributed by atoms with E-state index in [1.54, 1.807) is 6.20 Å². The molecule has 0 aliphatic carbocycles. The minimum Gasteiger partial charge on any atom is -0.382 e. The van der Waals surface area contributed by atoms with E-state index in [1.807, 2.05) is 17.8 Å². The smallest absolute Gasteiger partial charge is 0.140 e. The van der Waals surface area contributed by atoms with Crippen molar-refractivity contribution in [3.05, 3.63) is 18.2 Å². The van der Waals surface area contributed by atoms with Gasteiger partial charge in [0.25, 0.3) is 0 Å². The topological polar surface area (TPSA) is 50.5 Å². The molecular weight excluding hydrogens is 218 g/mol. The summed E-state index contributed by atoms with van der Waals surface area (Å²) in [6.07, 6.45) is 3.85. The molecule has 2 heterocycles. The van der Waals surface area contributed by atoms with Gasteiger partial charge in [0.15, 0.2) is 0 Å². The van der Waals surface area contributed by atoms with Gasteiger partial charge in [-0.15, -0.1) is 0 Å². The Labute approximate surface area is 102 Å². The Hall–Kier alpha value is -0.910. The van der Waals surface area contributed by atoms with Gasteiger partial charge in [0.1, 0.15) is 18.0 Å². The number of morpholine rings is 1. The lowest BCUT2D eigenvalue weighted by Gasteiger charge is -2.34. The van der Waals surface area contributed by atoms with Crippen LogP contribution in [0.3, 0.4) is 0 Å². The molecule has 1 aliphatic heterocycles. The van der Waals surface area contributed by atoms with Crippen molar-refractivity contribution in [2.45, 2.75) is 25.6 Å². The second-order valence-electron chi connectivity index (χ2n) is 4.55. The van der Waals surface area contributed by atoms with E-state index in [-0.39, 0.29) is 6.10 Å². The van der Waals surface area contributed by atoms with Gasteiger partial charge in [0.05, 0.1) is 6.61 Å². The van der Waals surface area contributed by atoms with Crippen LogP contribution < -0.4 is 0 Å². The molecule has 1 aromatic heterocycles. The lowest BCUT2D eigenvalue weighted by molar-refractivity contribution is -0.0929. The van der Waals surface area contributed by atoms with Crippen molar-refractivity contribution in [1.29, 1.82) is 0 Å². The van der Waals surface area contributed by atoms with Crippen LogP contribution in [0.25, 0.3) is 0 Å². The number of rotatable bonds is 4. The number of hydrogen-bond donors (Lipinski definition) is 1. The van der Waals surface area contributed by atoms with Crippen molar-refractivity contribution in [3.63, 3.8) is 0 Å². The second-order valence-corrected chi connectivity index (χ2v) is 4.55. The summed E-state index contributed by atoms with van der Waals surface area (Å²) in [6.45, 7) is 5.65. The summed E-state index contributed by atoms with van der Waals surface area (Å²) in [5.74, 6) is 0.674. The Bertz CT molecular complexity index is 351. The number of imidazole rings is 1. The van der Waals surface area contributed by atoms with Crippen LogP contribution in [0.15, 0.2) is 12.4 Å². The molecule has 0 spiro atoms. The van der Waals surface area contributed by atoms with Gasteiger partial charge in [-0.1, -0.05) is 6.92 Å². The van der Waals surface area contributed by atoms with Gasteiger partial charge >= 0.3 is 0 Å². The quantitative estimate of drug-likeness (QED) is 0.834. The van der Waals surface area contributed by atoms with E-state index in [1.165, 1.54) is 0 Å². The van der Waals surface area contributed by atoms with Crippen molar-refractivity contribution in [2.75, 3.05) is 26.2 Å². The maximum Gasteiger partial charge on any atom is 0.140 e. The molecule has 1 aromatic rings. The highest BCUT2D eigenvalue weighted by atomic mass is 16.5. The minimum absolute atomic E-state index is 0.170. The van der Waals surface area contributed by atoms with Crippen molar-refractivity contribution in [1.82, 2.24) is 14.5 Å². The Balaban J connectivity index is 1.99. The molecular formula is C12H21N3O2. The van der Waals surface area contributed by atoms with Crippen LogP contribution in [0.1, 0.15) is 25.3 Å². The number of aliphatic hydroxyl groups is 1. The number of aliphatic hydroxyl groups excluding tert-OH is 1. The third-order valence-corrected chi connectivity index (χ3v) is 3.19. The van der Waals surface area contributed by atoms with E-state index in [4.69, 9.17) is 4.74 Å². The maximum atomic E-state index is 10.3. The molecule has 1 fully saturated rings. The highest BCUT2D eigenvalue weighted by Gasteiger charge is 2.29. The summed E-state index contributed by atoms with van der Waals surface area (Å²) >= 11 is 0. The third-order valence-electron chi connectivity index (χ3n) is 3.19. The van der Waals surface area contributed by atoms with Gasteiger partial charge in [0.2, 0.25) is 0 Å². The van der Waals surface area contributed by atoms with Gasteiger partial charge in [-0.2, -0.15) is 0 Å². The zero-order chi connectivity index (χ0) is 12.3. The first kappa shape index (κ1) is 12.5. The van der Waals surface area contributed by atoms with Crippen molar-refractivity contribution >= 4 is 0 Å². The van der Waals surface area contributed by atoms with Crippen LogP contribution in [0.2, 0.25) is 0 Å². The number of nitrogens with zero attached hydrogens (tertiary/aromatic N) is 3. The monoisotopic (exact) mass is 239 g/mol. The lowest BCUT2D eigenvalue weighted by Crippen LogP contribution is -2.45. The van der Waals surface area contributed by atoms with Crippen LogP contribution in [0, 0.1) is 0 Å². The summed E-state index contributed by atoms with van der Waals surface area (Å²) < 4.78 is 7.49. The molecule has 0 bridgehead atoms. The molecule has 96 valence electrons. The SMILES string of the molecule is CCCN1CCOC(C(O)c2nccn2C)C1. The third kappa shape index (κ3) is 2.86. The highest BCUT2D eigenvalue weighted by Crippen LogP contribution is 2.20. The molecule has 5 nitrogen and oxygen atoms in total. The van der Waals surface area contributed by atoms with E-state index < -0.39 is 6.10 Å². The van der Waals surface area contributed by atoms with Crippen LogP contribution in [-0.4, -0.2) is 51.9 Å². The molecule has 2 rings (SSSR count). The van der Waals surface area contributed by atoms with E-state index >= 15 is 0 Å². The Morgan fingerprint density at radius 3 is 3.12 bits per heavy atom. The number of aryl methyl sites for hydroxylation is 1. The average molecular weight is 239 g/mol. The highest BCUT2D eigenvalue weighted by molar-refractivity contribution is 4.99. The zero-order valence-corrected chi connectivity index (χ0v) is 10.5. The lowest BCUT2D eigenvalue weighted by atomic mass is 10.1. The molecule has 1 saturated heterocycles. The fourth-order valence-electron chi connectivity index (χ4n) is 2.27. The normalized spacial score (nSPS) is 23.8. The zero-order valence-electron chi connectivity index (χ0n) is 10.5.